The molecule has 2 saturated heterocycles. The molecule has 0 radical (unpaired) electrons. The SMILES string of the molecule is Cl.O=C(c1ccccc1Sc1ccccc1)N1CCC2CCC(C1)N2. The van der Waals surface area contributed by atoms with Crippen molar-refractivity contribution in [3.63, 3.8) is 0 Å². The molecule has 2 heterocycles. The molecular weight excluding hydrogens is 352 g/mol. The molecule has 1 amide bonds. The Morgan fingerprint density at radius 1 is 0.960 bits per heavy atom. The number of nitrogens with one attached hydrogen (secondary N) is 1. The summed E-state index contributed by atoms with van der Waals surface area (Å²) in [6.07, 6.45) is 3.51. The lowest BCUT2D eigenvalue weighted by atomic mass is 10.1. The summed E-state index contributed by atoms with van der Waals surface area (Å²) < 4.78 is 0. The molecule has 2 bridgehead atoms. The first-order valence-corrected chi connectivity index (χ1v) is 9.48. The van der Waals surface area contributed by atoms with E-state index in [1.54, 1.807) is 11.8 Å². The lowest BCUT2D eigenvalue weighted by Gasteiger charge is -2.25. The standard InChI is InChI=1S/C20H22N2OS.ClH/c23-20(22-13-12-15-10-11-16(14-22)21-15)18-8-4-5-9-19(18)24-17-6-2-1-3-7-17;/h1-9,15-16,21H,10-14H2;1H. The highest BCUT2D eigenvalue weighted by Crippen LogP contribution is 2.31. The van der Waals surface area contributed by atoms with Crippen molar-refractivity contribution in [1.82, 2.24) is 10.2 Å². The van der Waals surface area contributed by atoms with E-state index in [-0.39, 0.29) is 18.3 Å². The molecule has 2 unspecified atom stereocenters. The summed E-state index contributed by atoms with van der Waals surface area (Å²) in [5.41, 5.74) is 0.823. The van der Waals surface area contributed by atoms with Crippen LogP contribution in [0.4, 0.5) is 0 Å². The molecule has 2 aliphatic heterocycles. The van der Waals surface area contributed by atoms with Gasteiger partial charge in [0.05, 0.1) is 5.56 Å². The van der Waals surface area contributed by atoms with Crippen molar-refractivity contribution in [3.05, 3.63) is 60.2 Å². The Morgan fingerprint density at radius 3 is 2.52 bits per heavy atom. The van der Waals surface area contributed by atoms with Gasteiger partial charge in [-0.2, -0.15) is 0 Å². The number of carbonyl (C=O) groups is 1. The first kappa shape index (κ1) is 18.3. The molecule has 2 aliphatic rings. The second kappa shape index (κ2) is 8.26. The van der Waals surface area contributed by atoms with Crippen LogP contribution >= 0.6 is 24.2 Å². The average molecular weight is 375 g/mol. The van der Waals surface area contributed by atoms with Crippen LogP contribution in [-0.2, 0) is 0 Å². The van der Waals surface area contributed by atoms with Crippen molar-refractivity contribution < 1.29 is 4.79 Å². The summed E-state index contributed by atoms with van der Waals surface area (Å²) in [6.45, 7) is 1.69. The molecule has 5 heteroatoms. The molecule has 0 aromatic heterocycles. The highest BCUT2D eigenvalue weighted by molar-refractivity contribution is 7.99. The Bertz CT molecular complexity index is 725. The number of rotatable bonds is 3. The fourth-order valence-electron chi connectivity index (χ4n) is 3.65. The largest absolute Gasteiger partial charge is 0.337 e. The summed E-state index contributed by atoms with van der Waals surface area (Å²) in [5.74, 6) is 0.170. The van der Waals surface area contributed by atoms with E-state index >= 15 is 0 Å². The van der Waals surface area contributed by atoms with Gasteiger partial charge in [-0.1, -0.05) is 42.1 Å². The third kappa shape index (κ3) is 4.20. The molecule has 4 rings (SSSR count). The van der Waals surface area contributed by atoms with Crippen LogP contribution in [0, 0.1) is 0 Å². The van der Waals surface area contributed by atoms with E-state index in [1.807, 2.05) is 47.4 Å². The van der Waals surface area contributed by atoms with E-state index in [4.69, 9.17) is 0 Å². The minimum absolute atomic E-state index is 0. The van der Waals surface area contributed by atoms with E-state index in [0.717, 1.165) is 34.9 Å². The first-order valence-electron chi connectivity index (χ1n) is 8.67. The van der Waals surface area contributed by atoms with Gasteiger partial charge in [0.25, 0.3) is 5.91 Å². The number of halogens is 1. The number of carbonyl (C=O) groups excluding carboxylic acids is 1. The summed E-state index contributed by atoms with van der Waals surface area (Å²) >= 11 is 1.66. The predicted molar refractivity (Wildman–Crippen MR) is 105 cm³/mol. The maximum Gasteiger partial charge on any atom is 0.255 e. The molecule has 2 aromatic carbocycles. The van der Waals surface area contributed by atoms with Crippen molar-refractivity contribution in [2.45, 2.75) is 41.1 Å². The van der Waals surface area contributed by atoms with Gasteiger partial charge in [-0.15, -0.1) is 12.4 Å². The van der Waals surface area contributed by atoms with Crippen LogP contribution in [0.25, 0.3) is 0 Å². The fourth-order valence-corrected chi connectivity index (χ4v) is 4.60. The normalized spacial score (nSPS) is 22.2. The maximum absolute atomic E-state index is 13.1. The van der Waals surface area contributed by atoms with Gasteiger partial charge in [0, 0.05) is 35.0 Å². The molecule has 2 aromatic rings. The summed E-state index contributed by atoms with van der Waals surface area (Å²) in [7, 11) is 0. The van der Waals surface area contributed by atoms with Gasteiger partial charge in [0.2, 0.25) is 0 Å². The highest BCUT2D eigenvalue weighted by atomic mass is 35.5. The summed E-state index contributed by atoms with van der Waals surface area (Å²) in [4.78, 5) is 17.4. The number of fused-ring (bicyclic) bond motifs is 2. The third-order valence-corrected chi connectivity index (χ3v) is 5.98. The zero-order chi connectivity index (χ0) is 16.4. The van der Waals surface area contributed by atoms with Gasteiger partial charge in [0.1, 0.15) is 0 Å². The van der Waals surface area contributed by atoms with E-state index in [0.29, 0.717) is 12.1 Å². The summed E-state index contributed by atoms with van der Waals surface area (Å²) in [6, 6.07) is 19.3. The van der Waals surface area contributed by atoms with E-state index in [1.165, 1.54) is 12.8 Å². The number of amides is 1. The lowest BCUT2D eigenvalue weighted by molar-refractivity contribution is 0.0744. The molecule has 25 heavy (non-hydrogen) atoms. The Labute approximate surface area is 159 Å². The number of benzene rings is 2. The number of likely N-dealkylation sites (tertiary alicyclic amines) is 1. The van der Waals surface area contributed by atoms with E-state index in [9.17, 15) is 4.79 Å². The second-order valence-electron chi connectivity index (χ2n) is 6.59. The van der Waals surface area contributed by atoms with Crippen molar-refractivity contribution in [2.24, 2.45) is 0 Å². The molecule has 0 saturated carbocycles. The van der Waals surface area contributed by atoms with Gasteiger partial charge in [-0.25, -0.2) is 0 Å². The molecule has 132 valence electrons. The van der Waals surface area contributed by atoms with Crippen molar-refractivity contribution >= 4 is 30.1 Å². The monoisotopic (exact) mass is 374 g/mol. The quantitative estimate of drug-likeness (QED) is 0.872. The molecule has 0 aliphatic carbocycles. The zero-order valence-corrected chi connectivity index (χ0v) is 15.7. The molecule has 2 fully saturated rings. The third-order valence-electron chi connectivity index (χ3n) is 4.90. The van der Waals surface area contributed by atoms with Crippen LogP contribution in [0.1, 0.15) is 29.6 Å². The van der Waals surface area contributed by atoms with Crippen LogP contribution in [0.3, 0.4) is 0 Å². The van der Waals surface area contributed by atoms with Crippen LogP contribution in [-0.4, -0.2) is 36.0 Å². The highest BCUT2D eigenvalue weighted by Gasteiger charge is 2.31. The zero-order valence-electron chi connectivity index (χ0n) is 14.1. The van der Waals surface area contributed by atoms with Gasteiger partial charge in [-0.3, -0.25) is 4.79 Å². The fraction of sp³-hybridized carbons (Fsp3) is 0.350. The molecule has 1 N–H and O–H groups in total. The molecular formula is C20H23ClN2OS. The Hall–Kier alpha value is -1.49. The minimum Gasteiger partial charge on any atom is -0.337 e. The average Bonchev–Trinajstić information content (AvgIpc) is 2.95. The Morgan fingerprint density at radius 2 is 1.68 bits per heavy atom. The molecule has 3 nitrogen and oxygen atoms in total. The minimum atomic E-state index is 0. The van der Waals surface area contributed by atoms with Gasteiger partial charge >= 0.3 is 0 Å². The van der Waals surface area contributed by atoms with Crippen molar-refractivity contribution in [1.29, 1.82) is 0 Å². The first-order chi connectivity index (χ1) is 11.8. The number of hydrogen-bond acceptors (Lipinski definition) is 3. The van der Waals surface area contributed by atoms with Crippen LogP contribution in [0.15, 0.2) is 64.4 Å². The molecule has 2 atom stereocenters. The van der Waals surface area contributed by atoms with Crippen LogP contribution < -0.4 is 5.32 Å². The smallest absolute Gasteiger partial charge is 0.255 e. The van der Waals surface area contributed by atoms with Gasteiger partial charge in [0.15, 0.2) is 0 Å². The van der Waals surface area contributed by atoms with Gasteiger partial charge in [-0.05, 0) is 43.5 Å². The number of nitrogens with zero attached hydrogens (tertiary/aromatic N) is 1. The predicted octanol–water partition coefficient (Wildman–Crippen LogP) is 4.23. The Balaban J connectivity index is 0.00000182. The molecule has 0 spiro atoms. The Kier molecular flexibility index (Phi) is 6.05. The maximum atomic E-state index is 13.1. The topological polar surface area (TPSA) is 32.3 Å². The van der Waals surface area contributed by atoms with E-state index in [2.05, 4.69) is 17.4 Å². The van der Waals surface area contributed by atoms with Crippen LogP contribution in [0.5, 0.6) is 0 Å². The number of hydrogen-bond donors (Lipinski definition) is 1. The lowest BCUT2D eigenvalue weighted by Crippen LogP contribution is -2.39. The van der Waals surface area contributed by atoms with Crippen molar-refractivity contribution in [3.8, 4) is 0 Å². The van der Waals surface area contributed by atoms with Gasteiger partial charge < -0.3 is 10.2 Å². The summed E-state index contributed by atoms with van der Waals surface area (Å²) in [5, 5.41) is 3.64. The second-order valence-corrected chi connectivity index (χ2v) is 7.70. The van der Waals surface area contributed by atoms with Crippen molar-refractivity contribution in [2.75, 3.05) is 13.1 Å². The van der Waals surface area contributed by atoms with E-state index < -0.39 is 0 Å². The van der Waals surface area contributed by atoms with Crippen LogP contribution in [0.2, 0.25) is 0 Å².